The molecule has 0 spiro atoms. The van der Waals surface area contributed by atoms with Gasteiger partial charge in [-0.1, -0.05) is 0 Å². The molecule has 0 bridgehead atoms. The van der Waals surface area contributed by atoms with Crippen LogP contribution in [0.5, 0.6) is 0 Å². The fourth-order valence-electron chi connectivity index (χ4n) is 1.73. The molecule has 1 aliphatic rings. The molecular formula is C13H20N2O2S. The fourth-order valence-corrected chi connectivity index (χ4v) is 2.37. The summed E-state index contributed by atoms with van der Waals surface area (Å²) in [6.45, 7) is 1.94. The van der Waals surface area contributed by atoms with Gasteiger partial charge in [-0.2, -0.15) is 0 Å². The summed E-state index contributed by atoms with van der Waals surface area (Å²) < 4.78 is 22.6. The molecule has 0 unspecified atom stereocenters. The summed E-state index contributed by atoms with van der Waals surface area (Å²) in [5.74, 6) is 0. The second-order valence-electron chi connectivity index (χ2n) is 4.81. The molecule has 1 aliphatic carbocycles. The summed E-state index contributed by atoms with van der Waals surface area (Å²) >= 11 is 0. The highest BCUT2D eigenvalue weighted by atomic mass is 32.2. The molecule has 1 fully saturated rings. The van der Waals surface area contributed by atoms with E-state index < -0.39 is 9.84 Å². The number of benzene rings is 1. The Balaban J connectivity index is 1.72. The first-order valence-corrected chi connectivity index (χ1v) is 8.22. The van der Waals surface area contributed by atoms with Gasteiger partial charge in [-0.15, -0.1) is 0 Å². The van der Waals surface area contributed by atoms with Gasteiger partial charge < -0.3 is 10.6 Å². The van der Waals surface area contributed by atoms with Gasteiger partial charge in [-0.25, -0.2) is 8.42 Å². The van der Waals surface area contributed by atoms with Crippen molar-refractivity contribution in [3.63, 3.8) is 0 Å². The van der Waals surface area contributed by atoms with Crippen molar-refractivity contribution in [3.8, 4) is 0 Å². The smallest absolute Gasteiger partial charge is 0.175 e. The Morgan fingerprint density at radius 1 is 1.17 bits per heavy atom. The SMILES string of the molecule is CS(=O)(=O)c1ccc(NCCCNC2CC2)cc1. The molecular weight excluding hydrogens is 248 g/mol. The molecule has 18 heavy (non-hydrogen) atoms. The minimum Gasteiger partial charge on any atom is -0.385 e. The summed E-state index contributed by atoms with van der Waals surface area (Å²) in [7, 11) is -3.09. The zero-order valence-corrected chi connectivity index (χ0v) is 11.5. The molecule has 0 atom stereocenters. The molecule has 100 valence electrons. The summed E-state index contributed by atoms with van der Waals surface area (Å²) in [4.78, 5) is 0.364. The van der Waals surface area contributed by atoms with Crippen LogP contribution in [0.1, 0.15) is 19.3 Å². The Labute approximate surface area is 109 Å². The van der Waals surface area contributed by atoms with E-state index in [2.05, 4.69) is 10.6 Å². The average molecular weight is 268 g/mol. The Morgan fingerprint density at radius 3 is 2.39 bits per heavy atom. The van der Waals surface area contributed by atoms with E-state index in [0.29, 0.717) is 4.90 Å². The van der Waals surface area contributed by atoms with Gasteiger partial charge in [-0.3, -0.25) is 0 Å². The van der Waals surface area contributed by atoms with E-state index in [1.165, 1.54) is 19.1 Å². The van der Waals surface area contributed by atoms with Crippen molar-refractivity contribution in [1.29, 1.82) is 0 Å². The van der Waals surface area contributed by atoms with E-state index >= 15 is 0 Å². The molecule has 0 amide bonds. The second-order valence-corrected chi connectivity index (χ2v) is 6.82. The number of sulfone groups is 1. The van der Waals surface area contributed by atoms with Crippen LogP contribution in [-0.4, -0.2) is 33.8 Å². The standard InChI is InChI=1S/C13H20N2O2S/c1-18(16,17)13-7-5-12(6-8-13)15-10-2-9-14-11-3-4-11/h5-8,11,14-15H,2-4,9-10H2,1H3. The Hall–Kier alpha value is -1.07. The quantitative estimate of drug-likeness (QED) is 0.738. The normalized spacial score (nSPS) is 15.6. The first-order chi connectivity index (χ1) is 8.55. The zero-order chi connectivity index (χ0) is 13.0. The third kappa shape index (κ3) is 4.31. The van der Waals surface area contributed by atoms with Crippen LogP contribution in [0.15, 0.2) is 29.2 Å². The van der Waals surface area contributed by atoms with Crippen LogP contribution in [0.3, 0.4) is 0 Å². The van der Waals surface area contributed by atoms with Crippen LogP contribution < -0.4 is 10.6 Å². The van der Waals surface area contributed by atoms with Gasteiger partial charge in [0.15, 0.2) is 9.84 Å². The molecule has 0 aliphatic heterocycles. The third-order valence-electron chi connectivity index (χ3n) is 2.98. The van der Waals surface area contributed by atoms with Crippen LogP contribution in [0.25, 0.3) is 0 Å². The molecule has 0 heterocycles. The van der Waals surface area contributed by atoms with Crippen molar-refractivity contribution >= 4 is 15.5 Å². The van der Waals surface area contributed by atoms with Crippen LogP contribution in [0.4, 0.5) is 5.69 Å². The molecule has 4 nitrogen and oxygen atoms in total. The lowest BCUT2D eigenvalue weighted by Gasteiger charge is -2.07. The van der Waals surface area contributed by atoms with Crippen molar-refractivity contribution in [2.24, 2.45) is 0 Å². The highest BCUT2D eigenvalue weighted by Crippen LogP contribution is 2.18. The minimum absolute atomic E-state index is 0.364. The van der Waals surface area contributed by atoms with Crippen LogP contribution in [-0.2, 0) is 9.84 Å². The van der Waals surface area contributed by atoms with Crippen molar-refractivity contribution < 1.29 is 8.42 Å². The maximum atomic E-state index is 11.3. The van der Waals surface area contributed by atoms with E-state index in [1.807, 2.05) is 12.1 Å². The topological polar surface area (TPSA) is 58.2 Å². The van der Waals surface area contributed by atoms with Crippen LogP contribution in [0, 0.1) is 0 Å². The lowest BCUT2D eigenvalue weighted by Crippen LogP contribution is -2.19. The number of hydrogen-bond acceptors (Lipinski definition) is 4. The summed E-state index contributed by atoms with van der Waals surface area (Å²) in [6, 6.07) is 7.66. The molecule has 2 rings (SSSR count). The predicted octanol–water partition coefficient (Wildman–Crippen LogP) is 1.64. The van der Waals surface area contributed by atoms with E-state index in [9.17, 15) is 8.42 Å². The molecule has 1 aromatic carbocycles. The van der Waals surface area contributed by atoms with Gasteiger partial charge in [0.25, 0.3) is 0 Å². The molecule has 0 saturated heterocycles. The summed E-state index contributed by atoms with van der Waals surface area (Å²) in [5, 5.41) is 6.74. The third-order valence-corrected chi connectivity index (χ3v) is 4.10. The lowest BCUT2D eigenvalue weighted by molar-refractivity contribution is 0.602. The highest BCUT2D eigenvalue weighted by Gasteiger charge is 2.19. The minimum atomic E-state index is -3.09. The summed E-state index contributed by atoms with van der Waals surface area (Å²) in [5.41, 5.74) is 0.967. The fraction of sp³-hybridized carbons (Fsp3) is 0.538. The van der Waals surface area contributed by atoms with E-state index in [4.69, 9.17) is 0 Å². The summed E-state index contributed by atoms with van der Waals surface area (Å²) in [6.07, 6.45) is 4.93. The maximum absolute atomic E-state index is 11.3. The number of anilines is 1. The highest BCUT2D eigenvalue weighted by molar-refractivity contribution is 7.90. The van der Waals surface area contributed by atoms with E-state index in [-0.39, 0.29) is 0 Å². The van der Waals surface area contributed by atoms with E-state index in [1.54, 1.807) is 12.1 Å². The van der Waals surface area contributed by atoms with Gasteiger partial charge in [0.1, 0.15) is 0 Å². The van der Waals surface area contributed by atoms with Crippen LogP contribution in [0.2, 0.25) is 0 Å². The largest absolute Gasteiger partial charge is 0.385 e. The Morgan fingerprint density at radius 2 is 1.83 bits per heavy atom. The van der Waals surface area contributed by atoms with Crippen molar-refractivity contribution in [2.75, 3.05) is 24.7 Å². The van der Waals surface area contributed by atoms with Gasteiger partial charge in [0.2, 0.25) is 0 Å². The zero-order valence-electron chi connectivity index (χ0n) is 10.6. The lowest BCUT2D eigenvalue weighted by atomic mass is 10.3. The monoisotopic (exact) mass is 268 g/mol. The maximum Gasteiger partial charge on any atom is 0.175 e. The first-order valence-electron chi connectivity index (χ1n) is 6.33. The van der Waals surface area contributed by atoms with Crippen molar-refractivity contribution in [1.82, 2.24) is 5.32 Å². The van der Waals surface area contributed by atoms with Gasteiger partial charge in [0.05, 0.1) is 4.90 Å². The molecule has 5 heteroatoms. The van der Waals surface area contributed by atoms with E-state index in [0.717, 1.165) is 31.2 Å². The van der Waals surface area contributed by atoms with Gasteiger partial charge >= 0.3 is 0 Å². The second kappa shape index (κ2) is 5.71. The van der Waals surface area contributed by atoms with Crippen LogP contribution >= 0.6 is 0 Å². The molecule has 0 aromatic heterocycles. The Kier molecular flexibility index (Phi) is 4.24. The number of nitrogens with one attached hydrogen (secondary N) is 2. The molecule has 2 N–H and O–H groups in total. The molecule has 0 radical (unpaired) electrons. The molecule has 1 saturated carbocycles. The average Bonchev–Trinajstić information content (AvgIpc) is 3.12. The molecule has 1 aromatic rings. The number of rotatable bonds is 7. The first kappa shape index (κ1) is 13.4. The number of hydrogen-bond donors (Lipinski definition) is 2. The van der Waals surface area contributed by atoms with Crippen molar-refractivity contribution in [3.05, 3.63) is 24.3 Å². The Bertz CT molecular complexity index is 478. The van der Waals surface area contributed by atoms with Gasteiger partial charge in [-0.05, 0) is 50.1 Å². The van der Waals surface area contributed by atoms with Gasteiger partial charge in [0, 0.05) is 24.5 Å². The van der Waals surface area contributed by atoms with Crippen molar-refractivity contribution in [2.45, 2.75) is 30.2 Å². The predicted molar refractivity (Wildman–Crippen MR) is 73.7 cm³/mol.